The first-order chi connectivity index (χ1) is 14.3. The Kier molecular flexibility index (Phi) is 7.34. The van der Waals surface area contributed by atoms with E-state index in [4.69, 9.17) is 5.73 Å². The number of anilines is 3. The summed E-state index contributed by atoms with van der Waals surface area (Å²) in [6, 6.07) is 3.85. The lowest BCUT2D eigenvalue weighted by atomic mass is 10.1. The van der Waals surface area contributed by atoms with Crippen molar-refractivity contribution >= 4 is 28.8 Å². The number of benzene rings is 1. The highest BCUT2D eigenvalue weighted by Crippen LogP contribution is 2.26. The summed E-state index contributed by atoms with van der Waals surface area (Å²) < 4.78 is 1.22. The summed E-state index contributed by atoms with van der Waals surface area (Å²) in [5.41, 5.74) is 4.68. The van der Waals surface area contributed by atoms with Gasteiger partial charge in [-0.2, -0.15) is 0 Å². The van der Waals surface area contributed by atoms with Gasteiger partial charge in [0.25, 0.3) is 17.2 Å². The smallest absolute Gasteiger partial charge is 0.330 e. The van der Waals surface area contributed by atoms with Crippen LogP contribution in [0.1, 0.15) is 43.5 Å². The van der Waals surface area contributed by atoms with Crippen LogP contribution in [0, 0.1) is 10.1 Å². The number of nitrogens with two attached hydrogens (primary N) is 1. The van der Waals surface area contributed by atoms with Crippen LogP contribution in [0.25, 0.3) is 0 Å². The second kappa shape index (κ2) is 9.72. The summed E-state index contributed by atoms with van der Waals surface area (Å²) in [5, 5.41) is 14.0. The SMILES string of the molecule is CCCCn1c(N)c(N(CCC)C(=O)c2cc([N+](=O)[O-])ccc2NC)c(=O)[nH]c1=O. The first-order valence-corrected chi connectivity index (χ1v) is 9.67. The molecule has 0 radical (unpaired) electrons. The van der Waals surface area contributed by atoms with Crippen molar-refractivity contribution in [1.29, 1.82) is 0 Å². The summed E-state index contributed by atoms with van der Waals surface area (Å²) in [6.07, 6.45) is 1.95. The van der Waals surface area contributed by atoms with Gasteiger partial charge in [-0.15, -0.1) is 0 Å². The van der Waals surface area contributed by atoms with Gasteiger partial charge >= 0.3 is 5.69 Å². The zero-order valence-electron chi connectivity index (χ0n) is 17.2. The number of nitro groups is 1. The fourth-order valence-corrected chi connectivity index (χ4v) is 3.10. The molecule has 0 spiro atoms. The molecule has 2 aromatic rings. The van der Waals surface area contributed by atoms with Gasteiger partial charge in [0.05, 0.1) is 10.5 Å². The Morgan fingerprint density at radius 3 is 2.57 bits per heavy atom. The van der Waals surface area contributed by atoms with Gasteiger partial charge in [0, 0.05) is 38.0 Å². The minimum absolute atomic E-state index is 0.0188. The zero-order valence-corrected chi connectivity index (χ0v) is 17.2. The largest absolute Gasteiger partial charge is 0.387 e. The molecule has 0 saturated carbocycles. The molecule has 1 heterocycles. The Labute approximate surface area is 172 Å². The van der Waals surface area contributed by atoms with E-state index in [-0.39, 0.29) is 35.8 Å². The van der Waals surface area contributed by atoms with E-state index in [1.165, 1.54) is 16.7 Å². The van der Waals surface area contributed by atoms with E-state index >= 15 is 0 Å². The summed E-state index contributed by atoms with van der Waals surface area (Å²) in [6.45, 7) is 4.17. The van der Waals surface area contributed by atoms with Gasteiger partial charge in [0.1, 0.15) is 5.82 Å². The Hall–Kier alpha value is -3.63. The van der Waals surface area contributed by atoms with Crippen molar-refractivity contribution in [3.63, 3.8) is 0 Å². The number of rotatable bonds is 9. The van der Waals surface area contributed by atoms with Crippen LogP contribution in [-0.4, -0.2) is 34.0 Å². The third-order valence-electron chi connectivity index (χ3n) is 4.63. The molecular formula is C19H26N6O5. The molecule has 11 heteroatoms. The van der Waals surface area contributed by atoms with E-state index in [1.54, 1.807) is 7.05 Å². The maximum absolute atomic E-state index is 13.4. The molecule has 0 fully saturated rings. The first kappa shape index (κ1) is 22.7. The average Bonchev–Trinajstić information content (AvgIpc) is 2.71. The molecule has 0 aliphatic rings. The lowest BCUT2D eigenvalue weighted by molar-refractivity contribution is -0.384. The number of nitrogens with zero attached hydrogens (tertiary/aromatic N) is 3. The van der Waals surface area contributed by atoms with Crippen molar-refractivity contribution in [2.45, 2.75) is 39.7 Å². The molecule has 30 heavy (non-hydrogen) atoms. The highest BCUT2D eigenvalue weighted by Gasteiger charge is 2.27. The number of nitrogens with one attached hydrogen (secondary N) is 2. The molecular weight excluding hydrogens is 392 g/mol. The number of nitro benzene ring substituents is 1. The van der Waals surface area contributed by atoms with Crippen LogP contribution >= 0.6 is 0 Å². The third-order valence-corrected chi connectivity index (χ3v) is 4.63. The summed E-state index contributed by atoms with van der Waals surface area (Å²) in [4.78, 5) is 52.1. The Morgan fingerprint density at radius 1 is 1.30 bits per heavy atom. The summed E-state index contributed by atoms with van der Waals surface area (Å²) in [7, 11) is 1.58. The fourth-order valence-electron chi connectivity index (χ4n) is 3.10. The number of aromatic amines is 1. The molecule has 0 atom stereocenters. The molecule has 0 bridgehead atoms. The third kappa shape index (κ3) is 4.50. The maximum atomic E-state index is 13.4. The van der Waals surface area contributed by atoms with Crippen LogP contribution in [0.15, 0.2) is 27.8 Å². The van der Waals surface area contributed by atoms with E-state index in [2.05, 4.69) is 10.3 Å². The van der Waals surface area contributed by atoms with E-state index < -0.39 is 22.1 Å². The molecule has 2 rings (SSSR count). The molecule has 1 aromatic carbocycles. The second-order valence-electron chi connectivity index (χ2n) is 6.69. The minimum Gasteiger partial charge on any atom is -0.387 e. The number of carbonyl (C=O) groups is 1. The van der Waals surface area contributed by atoms with Crippen LogP contribution in [0.3, 0.4) is 0 Å². The molecule has 0 aliphatic carbocycles. The number of hydrogen-bond acceptors (Lipinski definition) is 7. The zero-order chi connectivity index (χ0) is 22.4. The normalized spacial score (nSPS) is 10.6. The number of H-pyrrole nitrogens is 1. The van der Waals surface area contributed by atoms with E-state index in [0.29, 0.717) is 18.5 Å². The number of unbranched alkanes of at least 4 members (excludes halogenated alkanes) is 1. The van der Waals surface area contributed by atoms with Crippen molar-refractivity contribution in [3.8, 4) is 0 Å². The second-order valence-corrected chi connectivity index (χ2v) is 6.69. The van der Waals surface area contributed by atoms with Crippen LogP contribution in [-0.2, 0) is 6.54 Å². The maximum Gasteiger partial charge on any atom is 0.330 e. The lowest BCUT2D eigenvalue weighted by Crippen LogP contribution is -2.41. The van der Waals surface area contributed by atoms with Gasteiger partial charge in [-0.3, -0.25) is 29.3 Å². The molecule has 1 aromatic heterocycles. The topological polar surface area (TPSA) is 156 Å². The van der Waals surface area contributed by atoms with Crippen molar-refractivity contribution < 1.29 is 9.72 Å². The van der Waals surface area contributed by atoms with Crippen LogP contribution in [0.5, 0.6) is 0 Å². The monoisotopic (exact) mass is 418 g/mol. The van der Waals surface area contributed by atoms with Crippen LogP contribution in [0.4, 0.5) is 22.9 Å². The van der Waals surface area contributed by atoms with Crippen LogP contribution < -0.4 is 27.2 Å². The lowest BCUT2D eigenvalue weighted by Gasteiger charge is -2.25. The number of non-ortho nitro benzene ring substituents is 1. The fraction of sp³-hybridized carbons (Fsp3) is 0.421. The van der Waals surface area contributed by atoms with E-state index in [9.17, 15) is 24.5 Å². The predicted octanol–water partition coefficient (Wildman–Crippen LogP) is 1.93. The predicted molar refractivity (Wildman–Crippen MR) is 115 cm³/mol. The van der Waals surface area contributed by atoms with E-state index in [1.807, 2.05) is 13.8 Å². The number of nitrogen functional groups attached to an aromatic ring is 1. The molecule has 0 unspecified atom stereocenters. The Morgan fingerprint density at radius 2 is 2.00 bits per heavy atom. The molecule has 0 aliphatic heterocycles. The Bertz CT molecular complexity index is 1060. The standard InChI is InChI=1S/C19H26N6O5/c1-4-6-10-24-16(20)15(17(26)22-19(24)28)23(9-5-2)18(27)13-11-12(25(29)30)7-8-14(13)21-3/h7-8,11,21H,4-6,9-10,20H2,1-3H3,(H,22,26,28). The molecule has 162 valence electrons. The van der Waals surface area contributed by atoms with Crippen molar-refractivity contribution in [1.82, 2.24) is 9.55 Å². The van der Waals surface area contributed by atoms with Gasteiger partial charge < -0.3 is 16.0 Å². The van der Waals surface area contributed by atoms with Crippen molar-refractivity contribution in [2.24, 2.45) is 0 Å². The van der Waals surface area contributed by atoms with Crippen molar-refractivity contribution in [3.05, 3.63) is 54.7 Å². The van der Waals surface area contributed by atoms with Gasteiger partial charge in [-0.1, -0.05) is 20.3 Å². The highest BCUT2D eigenvalue weighted by atomic mass is 16.6. The van der Waals surface area contributed by atoms with Gasteiger partial charge in [0.2, 0.25) is 0 Å². The number of amides is 1. The summed E-state index contributed by atoms with van der Waals surface area (Å²) in [5.74, 6) is -0.752. The number of carbonyl (C=O) groups excluding carboxylic acids is 1. The van der Waals surface area contributed by atoms with Crippen molar-refractivity contribution in [2.75, 3.05) is 29.5 Å². The first-order valence-electron chi connectivity index (χ1n) is 9.67. The number of hydrogen-bond donors (Lipinski definition) is 3. The minimum atomic E-state index is -0.788. The van der Waals surface area contributed by atoms with E-state index in [0.717, 1.165) is 17.4 Å². The highest BCUT2D eigenvalue weighted by molar-refractivity contribution is 6.10. The molecule has 4 N–H and O–H groups in total. The van der Waals surface area contributed by atoms with Gasteiger partial charge in [-0.25, -0.2) is 4.79 Å². The number of aromatic nitrogens is 2. The van der Waals surface area contributed by atoms with Crippen LogP contribution in [0.2, 0.25) is 0 Å². The van der Waals surface area contributed by atoms with Gasteiger partial charge in [-0.05, 0) is 18.9 Å². The Balaban J connectivity index is 2.68. The summed E-state index contributed by atoms with van der Waals surface area (Å²) >= 11 is 0. The average molecular weight is 418 g/mol. The molecule has 11 nitrogen and oxygen atoms in total. The van der Waals surface area contributed by atoms with Gasteiger partial charge in [0.15, 0.2) is 5.69 Å². The molecule has 1 amide bonds. The molecule has 0 saturated heterocycles. The quantitative estimate of drug-likeness (QED) is 0.415.